The van der Waals surface area contributed by atoms with Crippen molar-refractivity contribution in [3.8, 4) is 5.75 Å². The Labute approximate surface area is 185 Å². The molecule has 6 heteroatoms. The summed E-state index contributed by atoms with van der Waals surface area (Å²) in [5.41, 5.74) is 3.39. The summed E-state index contributed by atoms with van der Waals surface area (Å²) in [4.78, 5) is 28.5. The van der Waals surface area contributed by atoms with Crippen LogP contribution >= 0.6 is 11.3 Å². The number of benzene rings is 2. The van der Waals surface area contributed by atoms with Crippen LogP contribution in [0.4, 0.5) is 0 Å². The van der Waals surface area contributed by atoms with Gasteiger partial charge < -0.3 is 14.7 Å². The summed E-state index contributed by atoms with van der Waals surface area (Å²) >= 11 is 1.46. The number of Topliss-reactive ketones (excluding diaryl/α,β-unsaturated/α-hetero) is 1. The SMILES string of the molecule is COc1ccc(CN2C(=O)C(=O)/C(=C(\O)c3cc(C)ccc3C)C2c2cccs2)cc1. The second-order valence-corrected chi connectivity index (χ2v) is 8.59. The van der Waals surface area contributed by atoms with Gasteiger partial charge in [0.15, 0.2) is 0 Å². The van der Waals surface area contributed by atoms with Crippen molar-refractivity contribution >= 4 is 28.8 Å². The number of ketones is 1. The van der Waals surface area contributed by atoms with E-state index in [1.807, 2.05) is 73.8 Å². The molecule has 2 heterocycles. The van der Waals surface area contributed by atoms with Gasteiger partial charge in [-0.3, -0.25) is 9.59 Å². The van der Waals surface area contributed by atoms with Crippen molar-refractivity contribution in [1.29, 1.82) is 0 Å². The van der Waals surface area contributed by atoms with Crippen LogP contribution in [0.3, 0.4) is 0 Å². The molecular weight excluding hydrogens is 410 g/mol. The number of methoxy groups -OCH3 is 1. The number of nitrogens with zero attached hydrogens (tertiary/aromatic N) is 1. The minimum Gasteiger partial charge on any atom is -0.507 e. The van der Waals surface area contributed by atoms with Crippen molar-refractivity contribution in [3.63, 3.8) is 0 Å². The molecular formula is C25H23NO4S. The van der Waals surface area contributed by atoms with Crippen molar-refractivity contribution in [1.82, 2.24) is 4.90 Å². The average Bonchev–Trinajstić information content (AvgIpc) is 3.38. The number of hydrogen-bond acceptors (Lipinski definition) is 5. The highest BCUT2D eigenvalue weighted by Crippen LogP contribution is 2.42. The van der Waals surface area contributed by atoms with Gasteiger partial charge in [0, 0.05) is 17.0 Å². The van der Waals surface area contributed by atoms with E-state index in [9.17, 15) is 14.7 Å². The Kier molecular flexibility index (Phi) is 5.65. The zero-order chi connectivity index (χ0) is 22.1. The van der Waals surface area contributed by atoms with Crippen LogP contribution in [0.5, 0.6) is 5.75 Å². The molecule has 1 unspecified atom stereocenters. The fraction of sp³-hybridized carbons (Fsp3) is 0.200. The quantitative estimate of drug-likeness (QED) is 0.350. The maximum Gasteiger partial charge on any atom is 0.295 e. The van der Waals surface area contributed by atoms with Crippen molar-refractivity contribution < 1.29 is 19.4 Å². The Bertz CT molecular complexity index is 1160. The van der Waals surface area contributed by atoms with Crippen molar-refractivity contribution in [3.05, 3.63) is 92.7 Å². The topological polar surface area (TPSA) is 66.8 Å². The fourth-order valence-electron chi connectivity index (χ4n) is 3.85. The first-order chi connectivity index (χ1) is 14.9. The number of aliphatic hydroxyl groups excluding tert-OH is 1. The van der Waals surface area contributed by atoms with E-state index in [1.54, 1.807) is 7.11 Å². The number of thiophene rings is 1. The fourth-order valence-corrected chi connectivity index (χ4v) is 4.69. The minimum atomic E-state index is -0.662. The number of ether oxygens (including phenoxy) is 1. The number of hydrogen-bond donors (Lipinski definition) is 1. The zero-order valence-electron chi connectivity index (χ0n) is 17.6. The standard InChI is InChI=1S/C25H23NO4S/c1-15-6-7-16(2)19(13-15)23(27)21-22(20-5-4-12-31-20)26(25(29)24(21)28)14-17-8-10-18(30-3)11-9-17/h4-13,22,27H,14H2,1-3H3/b23-21-. The van der Waals surface area contributed by atoms with Gasteiger partial charge in [0.1, 0.15) is 11.5 Å². The number of rotatable bonds is 5. The maximum atomic E-state index is 13.1. The third kappa shape index (κ3) is 3.86. The molecule has 0 radical (unpaired) electrons. The van der Waals surface area contributed by atoms with Gasteiger partial charge in [-0.2, -0.15) is 0 Å². The molecule has 0 bridgehead atoms. The first kappa shape index (κ1) is 20.9. The summed E-state index contributed by atoms with van der Waals surface area (Å²) in [5.74, 6) is -0.683. The van der Waals surface area contributed by atoms with E-state index >= 15 is 0 Å². The molecule has 5 nitrogen and oxygen atoms in total. The number of amides is 1. The molecule has 158 valence electrons. The second-order valence-electron chi connectivity index (χ2n) is 7.61. The van der Waals surface area contributed by atoms with Gasteiger partial charge in [-0.1, -0.05) is 35.9 Å². The summed E-state index contributed by atoms with van der Waals surface area (Å²) in [6.45, 7) is 4.05. The van der Waals surface area contributed by atoms with Crippen LogP contribution in [-0.4, -0.2) is 28.8 Å². The Morgan fingerprint density at radius 1 is 1.10 bits per heavy atom. The molecule has 1 aromatic heterocycles. The molecule has 0 aliphatic carbocycles. The van der Waals surface area contributed by atoms with Gasteiger partial charge in [0.2, 0.25) is 0 Å². The lowest BCUT2D eigenvalue weighted by Gasteiger charge is -2.24. The van der Waals surface area contributed by atoms with E-state index in [-0.39, 0.29) is 17.9 Å². The number of likely N-dealkylation sites (tertiary alicyclic amines) is 1. The molecule has 1 saturated heterocycles. The molecule has 1 amide bonds. The van der Waals surface area contributed by atoms with Crippen LogP contribution < -0.4 is 4.74 Å². The first-order valence-electron chi connectivity index (χ1n) is 9.93. The van der Waals surface area contributed by atoms with E-state index in [4.69, 9.17) is 4.74 Å². The van der Waals surface area contributed by atoms with E-state index in [1.165, 1.54) is 16.2 Å². The van der Waals surface area contributed by atoms with Gasteiger partial charge in [-0.25, -0.2) is 0 Å². The van der Waals surface area contributed by atoms with Crippen LogP contribution in [0.1, 0.15) is 33.2 Å². The molecule has 3 aromatic rings. The number of aryl methyl sites for hydroxylation is 2. The Hall–Kier alpha value is -3.38. The molecule has 4 rings (SSSR count). The summed E-state index contributed by atoms with van der Waals surface area (Å²) < 4.78 is 5.20. The number of aliphatic hydroxyl groups is 1. The van der Waals surface area contributed by atoms with Crippen LogP contribution in [0.15, 0.2) is 65.6 Å². The van der Waals surface area contributed by atoms with E-state index in [0.717, 1.165) is 27.3 Å². The smallest absolute Gasteiger partial charge is 0.295 e. The Morgan fingerprint density at radius 3 is 2.48 bits per heavy atom. The molecule has 1 aliphatic rings. The lowest BCUT2D eigenvalue weighted by molar-refractivity contribution is -0.140. The Morgan fingerprint density at radius 2 is 1.84 bits per heavy atom. The largest absolute Gasteiger partial charge is 0.507 e. The summed E-state index contributed by atoms with van der Waals surface area (Å²) in [7, 11) is 1.59. The number of carbonyl (C=O) groups excluding carboxylic acids is 2. The summed E-state index contributed by atoms with van der Waals surface area (Å²) in [6, 6.07) is 16.2. The van der Waals surface area contributed by atoms with E-state index in [2.05, 4.69) is 0 Å². The summed E-state index contributed by atoms with van der Waals surface area (Å²) in [5, 5.41) is 13.1. The predicted octanol–water partition coefficient (Wildman–Crippen LogP) is 5.00. The number of carbonyl (C=O) groups is 2. The molecule has 1 aliphatic heterocycles. The Balaban J connectivity index is 1.82. The minimum absolute atomic E-state index is 0.129. The molecule has 0 spiro atoms. The summed E-state index contributed by atoms with van der Waals surface area (Å²) in [6.07, 6.45) is 0. The van der Waals surface area contributed by atoms with Gasteiger partial charge in [0.25, 0.3) is 11.7 Å². The monoisotopic (exact) mass is 433 g/mol. The molecule has 31 heavy (non-hydrogen) atoms. The van der Waals surface area contributed by atoms with Crippen LogP contribution in [0.25, 0.3) is 5.76 Å². The van der Waals surface area contributed by atoms with Gasteiger partial charge >= 0.3 is 0 Å². The van der Waals surface area contributed by atoms with Gasteiger partial charge in [-0.05, 0) is 54.6 Å². The van der Waals surface area contributed by atoms with Crippen molar-refractivity contribution in [2.45, 2.75) is 26.4 Å². The van der Waals surface area contributed by atoms with Crippen LogP contribution in [0.2, 0.25) is 0 Å². The van der Waals surface area contributed by atoms with Crippen molar-refractivity contribution in [2.75, 3.05) is 7.11 Å². The highest BCUT2D eigenvalue weighted by Gasteiger charge is 2.46. The van der Waals surface area contributed by atoms with Crippen LogP contribution in [0, 0.1) is 13.8 Å². The highest BCUT2D eigenvalue weighted by atomic mass is 32.1. The van der Waals surface area contributed by atoms with E-state index in [0.29, 0.717) is 5.56 Å². The third-order valence-electron chi connectivity index (χ3n) is 5.51. The second kappa shape index (κ2) is 8.40. The predicted molar refractivity (Wildman–Crippen MR) is 121 cm³/mol. The molecule has 2 aromatic carbocycles. The highest BCUT2D eigenvalue weighted by molar-refractivity contribution is 7.10. The molecule has 1 fully saturated rings. The molecule has 0 saturated carbocycles. The normalized spacial score (nSPS) is 17.9. The van der Waals surface area contributed by atoms with Crippen LogP contribution in [-0.2, 0) is 16.1 Å². The third-order valence-corrected chi connectivity index (χ3v) is 6.44. The molecule has 1 N–H and O–H groups in total. The maximum absolute atomic E-state index is 13.1. The lowest BCUT2D eigenvalue weighted by Crippen LogP contribution is -2.28. The van der Waals surface area contributed by atoms with Gasteiger partial charge in [0.05, 0.1) is 18.7 Å². The zero-order valence-corrected chi connectivity index (χ0v) is 18.4. The first-order valence-corrected chi connectivity index (χ1v) is 10.8. The van der Waals surface area contributed by atoms with Gasteiger partial charge in [-0.15, -0.1) is 11.3 Å². The van der Waals surface area contributed by atoms with E-state index < -0.39 is 17.7 Å². The lowest BCUT2D eigenvalue weighted by atomic mass is 9.96. The van der Waals surface area contributed by atoms with Crippen molar-refractivity contribution in [2.24, 2.45) is 0 Å². The average molecular weight is 434 g/mol. The molecule has 1 atom stereocenters.